The van der Waals surface area contributed by atoms with Gasteiger partial charge in [-0.1, -0.05) is 30.3 Å². The number of anilines is 1. The van der Waals surface area contributed by atoms with Crippen molar-refractivity contribution < 1.29 is 14.3 Å². The smallest absolute Gasteiger partial charge is 0.265 e. The minimum atomic E-state index is -0.226. The van der Waals surface area contributed by atoms with Crippen LogP contribution in [-0.4, -0.2) is 11.7 Å². The fourth-order valence-corrected chi connectivity index (χ4v) is 3.01. The Bertz CT molecular complexity index is 869. The molecule has 1 N–H and O–H groups in total. The molecule has 0 saturated carbocycles. The van der Waals surface area contributed by atoms with Crippen LogP contribution in [0.1, 0.15) is 31.8 Å². The minimum Gasteiger partial charge on any atom is -0.489 e. The van der Waals surface area contributed by atoms with Crippen LogP contribution in [-0.2, 0) is 6.61 Å². The molecule has 3 aromatic rings. The lowest BCUT2D eigenvalue weighted by Gasteiger charge is -2.08. The molecular formula is C20H17NO3S. The van der Waals surface area contributed by atoms with Crippen LogP contribution < -0.4 is 10.1 Å². The van der Waals surface area contributed by atoms with Crippen molar-refractivity contribution in [3.63, 3.8) is 0 Å². The number of ketones is 1. The predicted octanol–water partition coefficient (Wildman–Crippen LogP) is 4.78. The third-order valence-corrected chi connectivity index (χ3v) is 4.72. The molecule has 2 aromatic carbocycles. The van der Waals surface area contributed by atoms with Crippen molar-refractivity contribution in [2.75, 3.05) is 5.32 Å². The standard InChI is InChI=1S/C20H17NO3S/c1-14(22)18-11-12-19(25-18)20(23)21-16-7-9-17(10-8-16)24-13-15-5-3-2-4-6-15/h2-12H,13H2,1H3,(H,21,23). The number of Topliss-reactive ketones (excluding diaryl/α,β-unsaturated/α-hetero) is 1. The Kier molecular flexibility index (Phi) is 5.26. The third-order valence-electron chi connectivity index (χ3n) is 3.54. The molecule has 0 aliphatic heterocycles. The second-order valence-electron chi connectivity index (χ2n) is 5.47. The molecule has 1 heterocycles. The van der Waals surface area contributed by atoms with Crippen molar-refractivity contribution in [1.29, 1.82) is 0 Å². The van der Waals surface area contributed by atoms with E-state index in [1.54, 1.807) is 24.3 Å². The number of benzene rings is 2. The summed E-state index contributed by atoms with van der Waals surface area (Å²) in [6, 6.07) is 20.5. The second-order valence-corrected chi connectivity index (χ2v) is 6.56. The van der Waals surface area contributed by atoms with E-state index in [-0.39, 0.29) is 11.7 Å². The van der Waals surface area contributed by atoms with Gasteiger partial charge in [0.15, 0.2) is 5.78 Å². The molecular weight excluding hydrogens is 334 g/mol. The Hall–Kier alpha value is -2.92. The quantitative estimate of drug-likeness (QED) is 0.650. The van der Waals surface area contributed by atoms with Crippen LogP contribution in [0, 0.1) is 0 Å². The zero-order valence-electron chi connectivity index (χ0n) is 13.7. The fourth-order valence-electron chi connectivity index (χ4n) is 2.22. The molecule has 126 valence electrons. The van der Waals surface area contributed by atoms with Crippen LogP contribution in [0.15, 0.2) is 66.7 Å². The van der Waals surface area contributed by atoms with Crippen LogP contribution in [0.25, 0.3) is 0 Å². The summed E-state index contributed by atoms with van der Waals surface area (Å²) in [4.78, 5) is 24.6. The number of hydrogen-bond donors (Lipinski definition) is 1. The van der Waals surface area contributed by atoms with Gasteiger partial charge in [-0.15, -0.1) is 11.3 Å². The summed E-state index contributed by atoms with van der Waals surface area (Å²) in [5.41, 5.74) is 1.77. The molecule has 0 fully saturated rings. The molecule has 0 saturated heterocycles. The van der Waals surface area contributed by atoms with E-state index in [1.165, 1.54) is 18.3 Å². The van der Waals surface area contributed by atoms with Crippen LogP contribution in [0.2, 0.25) is 0 Å². The van der Waals surface area contributed by atoms with Gasteiger partial charge in [0.05, 0.1) is 9.75 Å². The Morgan fingerprint density at radius 1 is 0.920 bits per heavy atom. The molecule has 0 unspecified atom stereocenters. The molecule has 5 heteroatoms. The van der Waals surface area contributed by atoms with E-state index in [9.17, 15) is 9.59 Å². The molecule has 0 radical (unpaired) electrons. The minimum absolute atomic E-state index is 0.0380. The van der Waals surface area contributed by atoms with Gasteiger partial charge in [0.1, 0.15) is 12.4 Å². The molecule has 0 atom stereocenters. The number of amides is 1. The van der Waals surface area contributed by atoms with Crippen LogP contribution in [0.3, 0.4) is 0 Å². The molecule has 0 aliphatic rings. The van der Waals surface area contributed by atoms with Crippen molar-refractivity contribution in [3.05, 3.63) is 82.0 Å². The topological polar surface area (TPSA) is 55.4 Å². The van der Waals surface area contributed by atoms with Gasteiger partial charge in [0.2, 0.25) is 0 Å². The van der Waals surface area contributed by atoms with Gasteiger partial charge in [0.25, 0.3) is 5.91 Å². The summed E-state index contributed by atoms with van der Waals surface area (Å²) >= 11 is 1.19. The highest BCUT2D eigenvalue weighted by atomic mass is 32.1. The largest absolute Gasteiger partial charge is 0.489 e. The summed E-state index contributed by atoms with van der Waals surface area (Å²) in [5, 5.41) is 2.82. The van der Waals surface area contributed by atoms with Crippen LogP contribution in [0.4, 0.5) is 5.69 Å². The zero-order valence-corrected chi connectivity index (χ0v) is 14.5. The van der Waals surface area contributed by atoms with Crippen molar-refractivity contribution in [2.24, 2.45) is 0 Å². The van der Waals surface area contributed by atoms with Crippen molar-refractivity contribution in [3.8, 4) is 5.75 Å². The van der Waals surface area contributed by atoms with Crippen molar-refractivity contribution >= 4 is 28.7 Å². The highest BCUT2D eigenvalue weighted by Crippen LogP contribution is 2.21. The number of ether oxygens (including phenoxy) is 1. The number of thiophene rings is 1. The normalized spacial score (nSPS) is 10.3. The van der Waals surface area contributed by atoms with Gasteiger partial charge in [-0.25, -0.2) is 0 Å². The van der Waals surface area contributed by atoms with E-state index < -0.39 is 0 Å². The van der Waals surface area contributed by atoms with Crippen molar-refractivity contribution in [1.82, 2.24) is 0 Å². The maximum absolute atomic E-state index is 12.2. The van der Waals surface area contributed by atoms with E-state index in [0.29, 0.717) is 22.0 Å². The highest BCUT2D eigenvalue weighted by molar-refractivity contribution is 7.16. The highest BCUT2D eigenvalue weighted by Gasteiger charge is 2.11. The first-order valence-corrected chi connectivity index (χ1v) is 8.62. The second kappa shape index (κ2) is 7.77. The SMILES string of the molecule is CC(=O)c1ccc(C(=O)Nc2ccc(OCc3ccccc3)cc2)s1. The number of rotatable bonds is 6. The molecule has 3 rings (SSSR count). The molecule has 4 nitrogen and oxygen atoms in total. The lowest BCUT2D eigenvalue weighted by atomic mass is 10.2. The van der Waals surface area contributed by atoms with E-state index in [2.05, 4.69) is 5.32 Å². The van der Waals surface area contributed by atoms with Crippen LogP contribution >= 0.6 is 11.3 Å². The first-order valence-electron chi connectivity index (χ1n) is 7.81. The number of hydrogen-bond acceptors (Lipinski definition) is 4. The monoisotopic (exact) mass is 351 g/mol. The fraction of sp³-hybridized carbons (Fsp3) is 0.100. The molecule has 1 aromatic heterocycles. The number of carbonyl (C=O) groups is 2. The van der Waals surface area contributed by atoms with Crippen molar-refractivity contribution in [2.45, 2.75) is 13.5 Å². The summed E-state index contributed by atoms with van der Waals surface area (Å²) in [7, 11) is 0. The average molecular weight is 351 g/mol. The Morgan fingerprint density at radius 3 is 2.24 bits per heavy atom. The molecule has 25 heavy (non-hydrogen) atoms. The van der Waals surface area contributed by atoms with E-state index in [1.807, 2.05) is 42.5 Å². The summed E-state index contributed by atoms with van der Waals surface area (Å²) in [6.45, 7) is 1.98. The first-order chi connectivity index (χ1) is 12.1. The van der Waals surface area contributed by atoms with Gasteiger partial charge in [-0.3, -0.25) is 9.59 Å². The maximum atomic E-state index is 12.2. The Morgan fingerprint density at radius 2 is 1.60 bits per heavy atom. The molecule has 0 spiro atoms. The van der Waals surface area contributed by atoms with E-state index >= 15 is 0 Å². The summed E-state index contributed by atoms with van der Waals surface area (Å²) < 4.78 is 5.72. The lowest BCUT2D eigenvalue weighted by molar-refractivity contribution is 0.101. The zero-order chi connectivity index (χ0) is 17.6. The van der Waals surface area contributed by atoms with Gasteiger partial charge in [-0.2, -0.15) is 0 Å². The Labute approximate surface area is 150 Å². The molecule has 0 bridgehead atoms. The van der Waals surface area contributed by atoms with Gasteiger partial charge in [-0.05, 0) is 48.9 Å². The Balaban J connectivity index is 1.58. The molecule has 1 amide bonds. The summed E-state index contributed by atoms with van der Waals surface area (Å²) in [6.07, 6.45) is 0. The average Bonchev–Trinajstić information content (AvgIpc) is 3.13. The predicted molar refractivity (Wildman–Crippen MR) is 99.5 cm³/mol. The van der Waals surface area contributed by atoms with Crippen LogP contribution in [0.5, 0.6) is 5.75 Å². The van der Waals surface area contributed by atoms with Gasteiger partial charge < -0.3 is 10.1 Å². The van der Waals surface area contributed by atoms with Gasteiger partial charge in [0, 0.05) is 5.69 Å². The lowest BCUT2D eigenvalue weighted by Crippen LogP contribution is -2.09. The van der Waals surface area contributed by atoms with Gasteiger partial charge >= 0.3 is 0 Å². The maximum Gasteiger partial charge on any atom is 0.265 e. The first kappa shape index (κ1) is 16.9. The number of carbonyl (C=O) groups excluding carboxylic acids is 2. The van der Waals surface area contributed by atoms with E-state index in [4.69, 9.17) is 4.74 Å². The number of nitrogens with one attached hydrogen (secondary N) is 1. The summed E-state index contributed by atoms with van der Waals surface area (Å²) in [5.74, 6) is 0.469. The molecule has 0 aliphatic carbocycles. The van der Waals surface area contributed by atoms with E-state index in [0.717, 1.165) is 11.3 Å². The third kappa shape index (κ3) is 4.55.